The number of nitrogens with zero attached hydrogens (tertiary/aromatic N) is 1. The van der Waals surface area contributed by atoms with Crippen molar-refractivity contribution in [3.8, 4) is 16.8 Å². The van der Waals surface area contributed by atoms with Gasteiger partial charge >= 0.3 is 0 Å². The van der Waals surface area contributed by atoms with E-state index in [2.05, 4.69) is 55.2 Å². The van der Waals surface area contributed by atoms with E-state index in [1.807, 2.05) is 18.2 Å². The van der Waals surface area contributed by atoms with Crippen LogP contribution in [0, 0.1) is 18.5 Å². The monoisotopic (exact) mass is 386 g/mol. The molecular weight excluding hydrogens is 368 g/mol. The molecule has 0 saturated carbocycles. The van der Waals surface area contributed by atoms with E-state index < -0.39 is 0 Å². The normalized spacial score (nSPS) is 14.6. The lowest BCUT2D eigenvalue weighted by Crippen LogP contribution is -2.30. The molecule has 0 saturated heterocycles. The van der Waals surface area contributed by atoms with Crippen molar-refractivity contribution >= 4 is 41.0 Å². The van der Waals surface area contributed by atoms with Crippen molar-refractivity contribution in [2.45, 2.75) is 33.2 Å². The smallest absolute Gasteiger partial charge is 0.129 e. The highest BCUT2D eigenvalue weighted by Gasteiger charge is 2.34. The summed E-state index contributed by atoms with van der Waals surface area (Å²) in [5.41, 5.74) is 6.79. The molecule has 2 aromatic carbocycles. The molecule has 2 nitrogen and oxygen atoms in total. The summed E-state index contributed by atoms with van der Waals surface area (Å²) >= 11 is 13.9. The molecule has 1 aromatic heterocycles. The minimum atomic E-state index is -0.181. The summed E-state index contributed by atoms with van der Waals surface area (Å²) in [6.07, 6.45) is 0. The fourth-order valence-electron chi connectivity index (χ4n) is 3.29. The standard InChI is InChI=1S/C20H19ClN2S2/c1-11-5-7-14(9-12(11)2)23-19(24)17-15-10-13(21)6-8-16(15)22-20(3,4)18(17)25-23/h5-10,22H,1-4H3. The molecule has 0 bridgehead atoms. The van der Waals surface area contributed by atoms with E-state index in [1.165, 1.54) is 16.0 Å². The first-order valence-electron chi connectivity index (χ1n) is 8.20. The number of nitrogens with one attached hydrogen (secondary N) is 1. The molecule has 0 radical (unpaired) electrons. The molecule has 5 heteroatoms. The molecule has 0 fully saturated rings. The van der Waals surface area contributed by atoms with Crippen LogP contribution in [0.3, 0.4) is 0 Å². The van der Waals surface area contributed by atoms with Gasteiger partial charge in [-0.3, -0.25) is 3.96 Å². The maximum absolute atomic E-state index is 6.26. The van der Waals surface area contributed by atoms with Crippen molar-refractivity contribution in [3.05, 3.63) is 62.1 Å². The molecular formula is C20H19ClN2S2. The number of anilines is 1. The Morgan fingerprint density at radius 2 is 1.84 bits per heavy atom. The molecule has 0 amide bonds. The SMILES string of the molecule is Cc1ccc(-n2sc3c(c2=S)-c2cc(Cl)ccc2NC3(C)C)cc1C. The number of halogens is 1. The zero-order valence-electron chi connectivity index (χ0n) is 14.6. The Bertz CT molecular complexity index is 1060. The second kappa shape index (κ2) is 5.70. The Labute approximate surface area is 162 Å². The highest BCUT2D eigenvalue weighted by molar-refractivity contribution is 7.71. The topological polar surface area (TPSA) is 17.0 Å². The first kappa shape index (κ1) is 16.8. The molecule has 1 aliphatic heterocycles. The molecule has 4 rings (SSSR count). The van der Waals surface area contributed by atoms with Crippen LogP contribution in [0.15, 0.2) is 36.4 Å². The molecule has 0 spiro atoms. The van der Waals surface area contributed by atoms with E-state index in [4.69, 9.17) is 23.8 Å². The highest BCUT2D eigenvalue weighted by atomic mass is 35.5. The van der Waals surface area contributed by atoms with Gasteiger partial charge in [-0.1, -0.05) is 41.4 Å². The number of aromatic nitrogens is 1. The van der Waals surface area contributed by atoms with Crippen molar-refractivity contribution in [3.63, 3.8) is 0 Å². The summed E-state index contributed by atoms with van der Waals surface area (Å²) in [7, 11) is 0. The van der Waals surface area contributed by atoms with E-state index in [0.717, 1.165) is 32.2 Å². The molecule has 0 unspecified atom stereocenters. The number of hydrogen-bond acceptors (Lipinski definition) is 3. The van der Waals surface area contributed by atoms with Crippen LogP contribution in [0.2, 0.25) is 5.02 Å². The van der Waals surface area contributed by atoms with Gasteiger partial charge in [0.15, 0.2) is 0 Å². The number of aryl methyl sites for hydroxylation is 2. The molecule has 0 atom stereocenters. The third kappa shape index (κ3) is 2.64. The lowest BCUT2D eigenvalue weighted by atomic mass is 9.90. The molecule has 1 aliphatic rings. The number of benzene rings is 2. The van der Waals surface area contributed by atoms with Crippen LogP contribution >= 0.6 is 35.4 Å². The first-order chi connectivity index (χ1) is 11.8. The van der Waals surface area contributed by atoms with Gasteiger partial charge in [-0.2, -0.15) is 0 Å². The van der Waals surface area contributed by atoms with Gasteiger partial charge in [0.05, 0.1) is 16.1 Å². The van der Waals surface area contributed by atoms with Crippen LogP contribution < -0.4 is 5.32 Å². The van der Waals surface area contributed by atoms with E-state index in [1.54, 1.807) is 11.5 Å². The Morgan fingerprint density at radius 3 is 2.56 bits per heavy atom. The van der Waals surface area contributed by atoms with Crippen LogP contribution in [0.25, 0.3) is 16.8 Å². The molecule has 1 N–H and O–H groups in total. The number of hydrogen-bond donors (Lipinski definition) is 1. The molecule has 2 heterocycles. The third-order valence-corrected chi connectivity index (χ3v) is 7.01. The van der Waals surface area contributed by atoms with Gasteiger partial charge in [0, 0.05) is 21.8 Å². The van der Waals surface area contributed by atoms with Gasteiger partial charge in [0.2, 0.25) is 0 Å². The average molecular weight is 387 g/mol. The van der Waals surface area contributed by atoms with Gasteiger partial charge in [0.1, 0.15) is 4.64 Å². The summed E-state index contributed by atoms with van der Waals surface area (Å²) < 4.78 is 3.01. The summed E-state index contributed by atoms with van der Waals surface area (Å²) in [5, 5.41) is 4.35. The molecule has 25 heavy (non-hydrogen) atoms. The maximum atomic E-state index is 6.26. The van der Waals surface area contributed by atoms with Gasteiger partial charge in [0.25, 0.3) is 0 Å². The van der Waals surface area contributed by atoms with Crippen molar-refractivity contribution in [1.82, 2.24) is 3.96 Å². The summed E-state index contributed by atoms with van der Waals surface area (Å²) in [6, 6.07) is 12.5. The quantitative estimate of drug-likeness (QED) is 0.459. The van der Waals surface area contributed by atoms with Gasteiger partial charge < -0.3 is 5.32 Å². The molecule has 128 valence electrons. The zero-order valence-corrected chi connectivity index (χ0v) is 17.0. The second-order valence-corrected chi connectivity index (χ2v) is 8.88. The Balaban J connectivity index is 2.01. The van der Waals surface area contributed by atoms with E-state index in [-0.39, 0.29) is 5.54 Å². The Kier molecular flexibility index (Phi) is 3.83. The van der Waals surface area contributed by atoms with Crippen molar-refractivity contribution in [1.29, 1.82) is 0 Å². The highest BCUT2D eigenvalue weighted by Crippen LogP contribution is 2.48. The lowest BCUT2D eigenvalue weighted by Gasteiger charge is -2.33. The summed E-state index contributed by atoms with van der Waals surface area (Å²) in [4.78, 5) is 1.24. The average Bonchev–Trinajstić information content (AvgIpc) is 2.90. The van der Waals surface area contributed by atoms with Crippen molar-refractivity contribution in [2.75, 3.05) is 5.32 Å². The van der Waals surface area contributed by atoms with Crippen LogP contribution in [0.4, 0.5) is 5.69 Å². The van der Waals surface area contributed by atoms with Crippen LogP contribution in [0.5, 0.6) is 0 Å². The third-order valence-electron chi connectivity index (χ3n) is 4.80. The number of rotatable bonds is 1. The predicted molar refractivity (Wildman–Crippen MR) is 111 cm³/mol. The largest absolute Gasteiger partial charge is 0.375 e. The molecule has 0 aliphatic carbocycles. The van der Waals surface area contributed by atoms with E-state index in [0.29, 0.717) is 0 Å². The van der Waals surface area contributed by atoms with Gasteiger partial charge in [-0.05, 0) is 69.2 Å². The minimum absolute atomic E-state index is 0.181. The number of fused-ring (bicyclic) bond motifs is 3. The maximum Gasteiger partial charge on any atom is 0.129 e. The fraction of sp³-hybridized carbons (Fsp3) is 0.250. The van der Waals surface area contributed by atoms with Crippen LogP contribution in [0.1, 0.15) is 29.9 Å². The summed E-state index contributed by atoms with van der Waals surface area (Å²) in [5.74, 6) is 0. The molecule has 3 aromatic rings. The predicted octanol–water partition coefficient (Wildman–Crippen LogP) is 6.87. The van der Waals surface area contributed by atoms with Crippen molar-refractivity contribution in [2.24, 2.45) is 0 Å². The van der Waals surface area contributed by atoms with Crippen LogP contribution in [-0.4, -0.2) is 3.96 Å². The zero-order chi connectivity index (χ0) is 17.9. The second-order valence-electron chi connectivity index (χ2n) is 7.10. The lowest BCUT2D eigenvalue weighted by molar-refractivity contribution is 0.620. The van der Waals surface area contributed by atoms with E-state index >= 15 is 0 Å². The van der Waals surface area contributed by atoms with Gasteiger partial charge in [-0.25, -0.2) is 0 Å². The van der Waals surface area contributed by atoms with E-state index in [9.17, 15) is 0 Å². The first-order valence-corrected chi connectivity index (χ1v) is 9.76. The van der Waals surface area contributed by atoms with Gasteiger partial charge in [-0.15, -0.1) is 0 Å². The van der Waals surface area contributed by atoms with Crippen LogP contribution in [-0.2, 0) is 5.54 Å². The Hall–Kier alpha value is -1.62. The van der Waals surface area contributed by atoms with Crippen molar-refractivity contribution < 1.29 is 0 Å². The Morgan fingerprint density at radius 1 is 1.08 bits per heavy atom. The summed E-state index contributed by atoms with van der Waals surface area (Å²) in [6.45, 7) is 8.65. The fourth-order valence-corrected chi connectivity index (χ4v) is 5.11. The minimum Gasteiger partial charge on any atom is -0.375 e.